The van der Waals surface area contributed by atoms with Gasteiger partial charge in [0.1, 0.15) is 36.6 Å². The normalized spacial score (nSPS) is 29.2. The zero-order valence-corrected chi connectivity index (χ0v) is 24.0. The molecular formula is C33H40O9. The molecule has 2 aliphatic rings. The second-order valence-corrected chi connectivity index (χ2v) is 10.4. The summed E-state index contributed by atoms with van der Waals surface area (Å²) in [6.07, 6.45) is -5.10. The highest BCUT2D eigenvalue weighted by Crippen LogP contribution is 2.32. The molecule has 0 amide bonds. The van der Waals surface area contributed by atoms with Crippen LogP contribution in [-0.4, -0.2) is 81.7 Å². The average Bonchev–Trinajstić information content (AvgIpc) is 3.53. The second kappa shape index (κ2) is 15.7. The van der Waals surface area contributed by atoms with E-state index in [-0.39, 0.29) is 13.2 Å². The van der Waals surface area contributed by atoms with E-state index in [1.807, 2.05) is 91.0 Å². The Hall–Kier alpha value is -2.70. The van der Waals surface area contributed by atoms with E-state index in [1.54, 1.807) is 7.11 Å². The van der Waals surface area contributed by atoms with Crippen molar-refractivity contribution in [2.75, 3.05) is 27.4 Å². The van der Waals surface area contributed by atoms with Gasteiger partial charge in [0.05, 0.1) is 33.0 Å². The second-order valence-electron chi connectivity index (χ2n) is 10.4. The monoisotopic (exact) mass is 580 g/mol. The largest absolute Gasteiger partial charge is 0.376 e. The molecule has 9 nitrogen and oxygen atoms in total. The first-order chi connectivity index (χ1) is 20.7. The Labute approximate surface area is 247 Å². The van der Waals surface area contributed by atoms with E-state index in [1.165, 1.54) is 7.11 Å². The summed E-state index contributed by atoms with van der Waals surface area (Å²) in [5, 5.41) is 10.3. The molecule has 8 atom stereocenters. The quantitative estimate of drug-likeness (QED) is 0.288. The number of hydrogen-bond acceptors (Lipinski definition) is 9. The Balaban J connectivity index is 1.31. The van der Waals surface area contributed by atoms with Crippen LogP contribution in [-0.2, 0) is 57.7 Å². The summed E-state index contributed by atoms with van der Waals surface area (Å²) in [7, 11) is 3.06. The van der Waals surface area contributed by atoms with E-state index in [0.717, 1.165) is 16.7 Å². The molecule has 1 N–H and O–H groups in total. The Bertz CT molecular complexity index is 1170. The topological polar surface area (TPSA) is 94.1 Å². The lowest BCUT2D eigenvalue weighted by molar-refractivity contribution is -0.208. The molecule has 0 aliphatic carbocycles. The number of ether oxygens (including phenoxy) is 8. The zero-order chi connectivity index (χ0) is 29.1. The smallest absolute Gasteiger partial charge is 0.187 e. The van der Waals surface area contributed by atoms with Crippen molar-refractivity contribution in [3.63, 3.8) is 0 Å². The maximum Gasteiger partial charge on any atom is 0.187 e. The first kappa shape index (κ1) is 30.7. The Morgan fingerprint density at radius 3 is 1.60 bits per heavy atom. The van der Waals surface area contributed by atoms with Gasteiger partial charge in [-0.1, -0.05) is 91.0 Å². The van der Waals surface area contributed by atoms with Crippen molar-refractivity contribution in [1.29, 1.82) is 0 Å². The molecule has 0 aromatic heterocycles. The maximum absolute atomic E-state index is 10.3. The highest BCUT2D eigenvalue weighted by Gasteiger charge is 2.49. The molecule has 0 saturated carbocycles. The van der Waals surface area contributed by atoms with Crippen LogP contribution in [0.4, 0.5) is 0 Å². The van der Waals surface area contributed by atoms with Gasteiger partial charge in [0.25, 0.3) is 0 Å². The number of benzene rings is 3. The van der Waals surface area contributed by atoms with Crippen molar-refractivity contribution < 1.29 is 43.0 Å². The summed E-state index contributed by atoms with van der Waals surface area (Å²) in [4.78, 5) is 0. The van der Waals surface area contributed by atoms with Crippen molar-refractivity contribution in [2.24, 2.45) is 0 Å². The molecule has 42 heavy (non-hydrogen) atoms. The number of hydrogen-bond donors (Lipinski definition) is 1. The van der Waals surface area contributed by atoms with Crippen LogP contribution < -0.4 is 0 Å². The van der Waals surface area contributed by atoms with Crippen molar-refractivity contribution in [1.82, 2.24) is 0 Å². The first-order valence-corrected chi connectivity index (χ1v) is 14.2. The lowest BCUT2D eigenvalue weighted by atomic mass is 10.1. The fourth-order valence-corrected chi connectivity index (χ4v) is 5.31. The van der Waals surface area contributed by atoms with Crippen LogP contribution in [0.1, 0.15) is 16.7 Å². The molecule has 2 aliphatic heterocycles. The molecule has 0 radical (unpaired) electrons. The van der Waals surface area contributed by atoms with Gasteiger partial charge in [-0.05, 0) is 16.7 Å². The van der Waals surface area contributed by atoms with Gasteiger partial charge >= 0.3 is 0 Å². The van der Waals surface area contributed by atoms with Gasteiger partial charge in [-0.25, -0.2) is 0 Å². The van der Waals surface area contributed by atoms with E-state index in [0.29, 0.717) is 19.8 Å². The average molecular weight is 581 g/mol. The third-order valence-corrected chi connectivity index (χ3v) is 7.49. The number of rotatable bonds is 15. The summed E-state index contributed by atoms with van der Waals surface area (Å²) < 4.78 is 48.4. The molecule has 0 bridgehead atoms. The molecule has 9 heteroatoms. The van der Waals surface area contributed by atoms with Gasteiger partial charge in [0, 0.05) is 14.2 Å². The standard InChI is InChI=1S/C33H40O9/c1-35-28-27(41-32(34)30(28)36-2)22-40-33-31(39-20-25-16-10-5-11-17-25)29(38-19-24-14-8-4-9-15-24)26(42-33)21-37-18-23-12-6-3-7-13-23/h3-17,26-34H,18-22H2,1-2H3/t26-,27?,28-,29-,30+,31+,32+,33+/m1/s1. The minimum atomic E-state index is -1.12. The molecule has 1 unspecified atom stereocenters. The van der Waals surface area contributed by atoms with Gasteiger partial charge in [0.15, 0.2) is 12.6 Å². The van der Waals surface area contributed by atoms with Crippen molar-refractivity contribution in [3.8, 4) is 0 Å². The van der Waals surface area contributed by atoms with E-state index in [4.69, 9.17) is 37.9 Å². The SMILES string of the molecule is CO[C@H]1[C@H](OC)C(CO[C@H]2O[C@H](COCc3ccccc3)[C@@H](OCc3ccccc3)[C@@H]2OCc2ccccc2)O[C@@H]1O. The predicted molar refractivity (Wildman–Crippen MR) is 153 cm³/mol. The van der Waals surface area contributed by atoms with E-state index in [9.17, 15) is 5.11 Å². The molecule has 0 spiro atoms. The number of aliphatic hydroxyl groups is 1. The van der Waals surface area contributed by atoms with Crippen LogP contribution in [0.25, 0.3) is 0 Å². The van der Waals surface area contributed by atoms with E-state index in [2.05, 4.69) is 0 Å². The number of methoxy groups -OCH3 is 2. The summed E-state index contributed by atoms with van der Waals surface area (Å²) in [5.74, 6) is 0. The van der Waals surface area contributed by atoms with E-state index < -0.39 is 49.2 Å². The minimum absolute atomic E-state index is 0.0916. The summed E-state index contributed by atoms with van der Waals surface area (Å²) in [6, 6.07) is 29.9. The van der Waals surface area contributed by atoms with Gasteiger partial charge < -0.3 is 43.0 Å². The molecule has 5 rings (SSSR count). The highest BCUT2D eigenvalue weighted by atomic mass is 16.7. The lowest BCUT2D eigenvalue weighted by Gasteiger charge is -2.26. The van der Waals surface area contributed by atoms with Crippen LogP contribution in [0, 0.1) is 0 Å². The minimum Gasteiger partial charge on any atom is -0.376 e. The van der Waals surface area contributed by atoms with Gasteiger partial charge in [-0.3, -0.25) is 0 Å². The first-order valence-electron chi connectivity index (χ1n) is 14.2. The van der Waals surface area contributed by atoms with Crippen molar-refractivity contribution in [3.05, 3.63) is 108 Å². The summed E-state index contributed by atoms with van der Waals surface area (Å²) in [5.41, 5.74) is 3.12. The van der Waals surface area contributed by atoms with Crippen LogP contribution in [0.15, 0.2) is 91.0 Å². The van der Waals surface area contributed by atoms with Gasteiger partial charge in [-0.15, -0.1) is 0 Å². The third-order valence-electron chi connectivity index (χ3n) is 7.49. The van der Waals surface area contributed by atoms with Crippen LogP contribution in [0.3, 0.4) is 0 Å². The summed E-state index contributed by atoms with van der Waals surface area (Å²) >= 11 is 0. The molecule has 2 heterocycles. The molecule has 3 aromatic carbocycles. The fraction of sp³-hybridized carbons (Fsp3) is 0.455. The zero-order valence-electron chi connectivity index (χ0n) is 24.0. The Kier molecular flexibility index (Phi) is 11.5. The maximum atomic E-state index is 10.3. The molecule has 226 valence electrons. The summed E-state index contributed by atoms with van der Waals surface area (Å²) in [6.45, 7) is 1.54. The molecule has 2 fully saturated rings. The van der Waals surface area contributed by atoms with Crippen LogP contribution in [0.2, 0.25) is 0 Å². The van der Waals surface area contributed by atoms with E-state index >= 15 is 0 Å². The third kappa shape index (κ3) is 8.02. The predicted octanol–water partition coefficient (Wildman–Crippen LogP) is 3.86. The Morgan fingerprint density at radius 2 is 1.05 bits per heavy atom. The Morgan fingerprint density at radius 1 is 0.548 bits per heavy atom. The number of aliphatic hydroxyl groups excluding tert-OH is 1. The van der Waals surface area contributed by atoms with Crippen LogP contribution >= 0.6 is 0 Å². The molecule has 2 saturated heterocycles. The van der Waals surface area contributed by atoms with Crippen LogP contribution in [0.5, 0.6) is 0 Å². The highest BCUT2D eigenvalue weighted by molar-refractivity contribution is 5.15. The lowest BCUT2D eigenvalue weighted by Crippen LogP contribution is -2.41. The van der Waals surface area contributed by atoms with Gasteiger partial charge in [0.2, 0.25) is 0 Å². The molecule has 3 aromatic rings. The van der Waals surface area contributed by atoms with Crippen molar-refractivity contribution in [2.45, 2.75) is 69.0 Å². The molecular weight excluding hydrogens is 540 g/mol. The fourth-order valence-electron chi connectivity index (χ4n) is 5.31. The van der Waals surface area contributed by atoms with Crippen molar-refractivity contribution >= 4 is 0 Å². The van der Waals surface area contributed by atoms with Gasteiger partial charge in [-0.2, -0.15) is 0 Å².